The smallest absolute Gasteiger partial charge is 0.238 e. The Morgan fingerprint density at radius 1 is 1.48 bits per heavy atom. The molecule has 2 aliphatic rings. The van der Waals surface area contributed by atoms with Gasteiger partial charge in [0.05, 0.1) is 11.6 Å². The Kier molecular flexibility index (Phi) is 4.42. The van der Waals surface area contributed by atoms with Gasteiger partial charge in [-0.2, -0.15) is 0 Å². The molecule has 2 aliphatic heterocycles. The van der Waals surface area contributed by atoms with Gasteiger partial charge in [-0.25, -0.2) is 4.39 Å². The maximum atomic E-state index is 13.1. The number of nitrogens with one attached hydrogen (secondary N) is 2. The molecule has 0 radical (unpaired) electrons. The van der Waals surface area contributed by atoms with Crippen LogP contribution in [0.2, 0.25) is 5.02 Å². The van der Waals surface area contributed by atoms with E-state index in [-0.39, 0.29) is 10.9 Å². The lowest BCUT2D eigenvalue weighted by Crippen LogP contribution is -2.46. The average molecular weight is 312 g/mol. The molecule has 3 rings (SSSR count). The predicted molar refractivity (Wildman–Crippen MR) is 81.0 cm³/mol. The van der Waals surface area contributed by atoms with E-state index in [1.807, 2.05) is 0 Å². The molecule has 2 unspecified atom stereocenters. The van der Waals surface area contributed by atoms with Gasteiger partial charge in [-0.3, -0.25) is 9.69 Å². The maximum Gasteiger partial charge on any atom is 0.238 e. The van der Waals surface area contributed by atoms with E-state index in [9.17, 15) is 9.18 Å². The summed E-state index contributed by atoms with van der Waals surface area (Å²) in [5.41, 5.74) is 0.531. The number of likely N-dealkylation sites (tertiary alicyclic amines) is 1. The molecule has 6 heteroatoms. The van der Waals surface area contributed by atoms with Crippen LogP contribution < -0.4 is 10.6 Å². The van der Waals surface area contributed by atoms with Crippen molar-refractivity contribution in [3.63, 3.8) is 0 Å². The lowest BCUT2D eigenvalue weighted by Gasteiger charge is -2.34. The second-order valence-corrected chi connectivity index (χ2v) is 6.22. The summed E-state index contributed by atoms with van der Waals surface area (Å²) >= 11 is 5.71. The van der Waals surface area contributed by atoms with Crippen LogP contribution in [0.4, 0.5) is 10.1 Å². The lowest BCUT2D eigenvalue weighted by atomic mass is 9.93. The van der Waals surface area contributed by atoms with E-state index in [4.69, 9.17) is 11.6 Å². The number of rotatable bonds is 3. The molecule has 2 saturated heterocycles. The van der Waals surface area contributed by atoms with Gasteiger partial charge in [-0.1, -0.05) is 11.6 Å². The number of anilines is 1. The number of piperidine rings is 1. The van der Waals surface area contributed by atoms with Crippen molar-refractivity contribution >= 4 is 23.2 Å². The van der Waals surface area contributed by atoms with Crippen LogP contribution in [0.3, 0.4) is 0 Å². The molecule has 4 nitrogen and oxygen atoms in total. The number of nitrogens with zero attached hydrogens (tertiary/aromatic N) is 1. The maximum absolute atomic E-state index is 13.1. The number of halogens is 2. The van der Waals surface area contributed by atoms with E-state index in [1.165, 1.54) is 24.6 Å². The standard InChI is InChI=1S/C15H19ClFN3O/c16-12-7-11(1-2-13(12)17)19-15(21)9-20-6-4-14-10(8-20)3-5-18-14/h1-2,7,10,14,18H,3-6,8-9H2,(H,19,21). The number of benzene rings is 1. The van der Waals surface area contributed by atoms with Crippen LogP contribution >= 0.6 is 11.6 Å². The quantitative estimate of drug-likeness (QED) is 0.898. The van der Waals surface area contributed by atoms with Gasteiger partial charge in [0, 0.05) is 24.8 Å². The van der Waals surface area contributed by atoms with E-state index < -0.39 is 5.82 Å². The highest BCUT2D eigenvalue weighted by atomic mass is 35.5. The SMILES string of the molecule is O=C(CN1CCC2NCCC2C1)Nc1ccc(F)c(Cl)c1. The fraction of sp³-hybridized carbons (Fsp3) is 0.533. The van der Waals surface area contributed by atoms with Crippen molar-refractivity contribution in [2.75, 3.05) is 31.5 Å². The summed E-state index contributed by atoms with van der Waals surface area (Å²) in [7, 11) is 0. The Morgan fingerprint density at radius 3 is 3.14 bits per heavy atom. The van der Waals surface area contributed by atoms with Crippen LogP contribution in [0.5, 0.6) is 0 Å². The van der Waals surface area contributed by atoms with Gasteiger partial charge < -0.3 is 10.6 Å². The third kappa shape index (κ3) is 3.54. The first-order valence-electron chi connectivity index (χ1n) is 7.32. The van der Waals surface area contributed by atoms with Crippen LogP contribution in [-0.2, 0) is 4.79 Å². The van der Waals surface area contributed by atoms with Gasteiger partial charge in [0.25, 0.3) is 0 Å². The first-order chi connectivity index (χ1) is 10.1. The topological polar surface area (TPSA) is 44.4 Å². The zero-order valence-corrected chi connectivity index (χ0v) is 12.5. The number of hydrogen-bond acceptors (Lipinski definition) is 3. The molecular weight excluding hydrogens is 293 g/mol. The molecule has 1 amide bonds. The van der Waals surface area contributed by atoms with Crippen molar-refractivity contribution in [2.45, 2.75) is 18.9 Å². The van der Waals surface area contributed by atoms with Crippen molar-refractivity contribution in [3.05, 3.63) is 29.0 Å². The van der Waals surface area contributed by atoms with E-state index in [0.717, 1.165) is 26.1 Å². The van der Waals surface area contributed by atoms with Gasteiger partial charge in [0.15, 0.2) is 0 Å². The van der Waals surface area contributed by atoms with E-state index in [1.54, 1.807) is 0 Å². The summed E-state index contributed by atoms with van der Waals surface area (Å²) in [6, 6.07) is 4.84. The van der Waals surface area contributed by atoms with Crippen LogP contribution in [0.1, 0.15) is 12.8 Å². The molecule has 21 heavy (non-hydrogen) atoms. The fourth-order valence-corrected chi connectivity index (χ4v) is 3.42. The third-order valence-corrected chi connectivity index (χ3v) is 4.60. The van der Waals surface area contributed by atoms with Gasteiger partial charge in [0.1, 0.15) is 5.82 Å². The van der Waals surface area contributed by atoms with Gasteiger partial charge in [-0.05, 0) is 43.5 Å². The van der Waals surface area contributed by atoms with E-state index >= 15 is 0 Å². The number of amides is 1. The summed E-state index contributed by atoms with van der Waals surface area (Å²) in [6.07, 6.45) is 2.29. The molecule has 2 atom stereocenters. The summed E-state index contributed by atoms with van der Waals surface area (Å²) in [4.78, 5) is 14.3. The van der Waals surface area contributed by atoms with Gasteiger partial charge >= 0.3 is 0 Å². The first-order valence-corrected chi connectivity index (χ1v) is 7.70. The monoisotopic (exact) mass is 311 g/mol. The largest absolute Gasteiger partial charge is 0.325 e. The van der Waals surface area contributed by atoms with Crippen molar-refractivity contribution in [3.8, 4) is 0 Å². The zero-order chi connectivity index (χ0) is 14.8. The van der Waals surface area contributed by atoms with E-state index in [0.29, 0.717) is 24.2 Å². The summed E-state index contributed by atoms with van der Waals surface area (Å²) < 4.78 is 13.1. The Balaban J connectivity index is 1.53. The van der Waals surface area contributed by atoms with Crippen LogP contribution in [0, 0.1) is 11.7 Å². The summed E-state index contributed by atoms with van der Waals surface area (Å²) in [6.45, 7) is 3.36. The molecule has 1 aromatic carbocycles. The predicted octanol–water partition coefficient (Wildman–Crippen LogP) is 2.10. The van der Waals surface area contributed by atoms with Crippen molar-refractivity contribution in [1.29, 1.82) is 0 Å². The first kappa shape index (κ1) is 14.8. The molecule has 2 fully saturated rings. The Bertz CT molecular complexity index is 540. The van der Waals surface area contributed by atoms with E-state index in [2.05, 4.69) is 15.5 Å². The lowest BCUT2D eigenvalue weighted by molar-refractivity contribution is -0.117. The molecule has 0 bridgehead atoms. The molecule has 1 aromatic rings. The van der Waals surface area contributed by atoms with Crippen molar-refractivity contribution in [1.82, 2.24) is 10.2 Å². The Hall–Kier alpha value is -1.17. The second-order valence-electron chi connectivity index (χ2n) is 5.81. The number of hydrogen-bond donors (Lipinski definition) is 2. The molecule has 0 spiro atoms. The normalized spacial score (nSPS) is 25.6. The minimum Gasteiger partial charge on any atom is -0.325 e. The summed E-state index contributed by atoms with van der Waals surface area (Å²) in [5, 5.41) is 6.30. The van der Waals surface area contributed by atoms with Crippen LogP contribution in [0.15, 0.2) is 18.2 Å². The van der Waals surface area contributed by atoms with Gasteiger partial charge in [0.2, 0.25) is 5.91 Å². The molecule has 2 N–H and O–H groups in total. The van der Waals surface area contributed by atoms with Crippen LogP contribution in [-0.4, -0.2) is 43.0 Å². The van der Waals surface area contributed by atoms with Crippen molar-refractivity contribution < 1.29 is 9.18 Å². The number of carbonyl (C=O) groups excluding carboxylic acids is 1. The number of fused-ring (bicyclic) bond motifs is 1. The number of carbonyl (C=O) groups is 1. The molecule has 0 aliphatic carbocycles. The fourth-order valence-electron chi connectivity index (χ4n) is 3.24. The Labute approximate surface area is 128 Å². The molecule has 0 aromatic heterocycles. The zero-order valence-electron chi connectivity index (χ0n) is 11.7. The second kappa shape index (κ2) is 6.30. The molecule has 114 valence electrons. The summed E-state index contributed by atoms with van der Waals surface area (Å²) in [5.74, 6) is 0.0966. The third-order valence-electron chi connectivity index (χ3n) is 4.31. The van der Waals surface area contributed by atoms with Gasteiger partial charge in [-0.15, -0.1) is 0 Å². The minimum absolute atomic E-state index is 0.0191. The van der Waals surface area contributed by atoms with Crippen molar-refractivity contribution in [2.24, 2.45) is 5.92 Å². The highest BCUT2D eigenvalue weighted by Gasteiger charge is 2.32. The molecular formula is C15H19ClFN3O. The van der Waals surface area contributed by atoms with Crippen LogP contribution in [0.25, 0.3) is 0 Å². The average Bonchev–Trinajstić information content (AvgIpc) is 2.90. The Morgan fingerprint density at radius 2 is 2.33 bits per heavy atom. The minimum atomic E-state index is -0.481. The highest BCUT2D eigenvalue weighted by molar-refractivity contribution is 6.31. The molecule has 2 heterocycles. The highest BCUT2D eigenvalue weighted by Crippen LogP contribution is 2.24. The molecule has 0 saturated carbocycles.